The summed E-state index contributed by atoms with van der Waals surface area (Å²) in [5.41, 5.74) is 0.380. The van der Waals surface area contributed by atoms with Crippen LogP contribution in [0, 0.1) is 10.8 Å². The lowest BCUT2D eigenvalue weighted by molar-refractivity contribution is -0.132. The minimum atomic E-state index is -3.94. The maximum Gasteiger partial charge on any atom is 0.269 e. The first-order chi connectivity index (χ1) is 12.0. The zero-order valence-electron chi connectivity index (χ0n) is 15.4. The summed E-state index contributed by atoms with van der Waals surface area (Å²) >= 11 is 0. The van der Waals surface area contributed by atoms with Gasteiger partial charge in [-0.2, -0.15) is 0 Å². The molecule has 140 valence electrons. The monoisotopic (exact) mass is 376 g/mol. The smallest absolute Gasteiger partial charge is 0.269 e. The molecular formula is C19H24N2O4S. The van der Waals surface area contributed by atoms with E-state index in [-0.39, 0.29) is 33.2 Å². The van der Waals surface area contributed by atoms with Crippen molar-refractivity contribution in [2.45, 2.75) is 51.0 Å². The van der Waals surface area contributed by atoms with E-state index in [9.17, 15) is 18.0 Å². The molecule has 1 saturated carbocycles. The Bertz CT molecular complexity index is 908. The van der Waals surface area contributed by atoms with Crippen LogP contribution in [0.15, 0.2) is 29.2 Å². The van der Waals surface area contributed by atoms with Crippen molar-refractivity contribution in [1.29, 1.82) is 0 Å². The largest absolute Gasteiger partial charge is 0.338 e. The third-order valence-electron chi connectivity index (χ3n) is 5.93. The van der Waals surface area contributed by atoms with Gasteiger partial charge in [-0.15, -0.1) is 0 Å². The third-order valence-corrected chi connectivity index (χ3v) is 7.71. The number of amides is 2. The summed E-state index contributed by atoms with van der Waals surface area (Å²) < 4.78 is 26.1. The Hall–Kier alpha value is -1.89. The standard InChI is InChI=1S/C19H24N2O4S/c1-18(2)8-13-9-19(3,11-18)12-20(13)16(22)10-21-17(23)14-6-4-5-7-15(14)26(21,24)25/h4-7,13H,8-12H2,1-3H3/t13-,19-/m1/s1. The molecule has 7 heteroatoms. The molecule has 0 N–H and O–H groups in total. The van der Waals surface area contributed by atoms with Crippen molar-refractivity contribution in [2.24, 2.45) is 10.8 Å². The molecule has 6 nitrogen and oxygen atoms in total. The summed E-state index contributed by atoms with van der Waals surface area (Å²) in [7, 11) is -3.94. The van der Waals surface area contributed by atoms with Gasteiger partial charge in [-0.1, -0.05) is 32.9 Å². The SMILES string of the molecule is CC1(C)C[C@@H]2C[C@@](C)(CN2C(=O)CN2C(=O)c3ccccc3S2(=O)=O)C1. The van der Waals surface area contributed by atoms with Crippen LogP contribution in [0.4, 0.5) is 0 Å². The lowest BCUT2D eigenvalue weighted by Gasteiger charge is -2.39. The van der Waals surface area contributed by atoms with E-state index >= 15 is 0 Å². The number of carbonyl (C=O) groups excluding carboxylic acids is 2. The van der Waals surface area contributed by atoms with Crippen molar-refractivity contribution in [1.82, 2.24) is 9.21 Å². The third kappa shape index (κ3) is 2.55. The molecule has 0 unspecified atom stereocenters. The number of benzene rings is 1. The van der Waals surface area contributed by atoms with E-state index in [1.165, 1.54) is 12.1 Å². The van der Waals surface area contributed by atoms with Gasteiger partial charge >= 0.3 is 0 Å². The highest BCUT2D eigenvalue weighted by Crippen LogP contribution is 2.52. The van der Waals surface area contributed by atoms with Crippen molar-refractivity contribution in [2.75, 3.05) is 13.1 Å². The van der Waals surface area contributed by atoms with Crippen LogP contribution in [0.25, 0.3) is 0 Å². The normalized spacial score (nSPS) is 31.2. The summed E-state index contributed by atoms with van der Waals surface area (Å²) in [5, 5.41) is 0. The highest BCUT2D eigenvalue weighted by atomic mass is 32.2. The summed E-state index contributed by atoms with van der Waals surface area (Å²) in [4.78, 5) is 27.3. The Kier molecular flexibility index (Phi) is 3.58. The fraction of sp³-hybridized carbons (Fsp3) is 0.579. The first kappa shape index (κ1) is 17.5. The van der Waals surface area contributed by atoms with E-state index in [0.717, 1.165) is 23.6 Å². The fourth-order valence-electron chi connectivity index (χ4n) is 5.35. The lowest BCUT2D eigenvalue weighted by atomic mass is 9.65. The molecule has 1 saturated heterocycles. The number of nitrogens with zero attached hydrogens (tertiary/aromatic N) is 2. The van der Waals surface area contributed by atoms with Gasteiger partial charge < -0.3 is 4.90 Å². The molecule has 0 radical (unpaired) electrons. The molecule has 1 aromatic carbocycles. The zero-order chi connectivity index (χ0) is 18.9. The summed E-state index contributed by atoms with van der Waals surface area (Å²) in [6, 6.07) is 6.25. The first-order valence-electron chi connectivity index (χ1n) is 8.98. The van der Waals surface area contributed by atoms with Gasteiger partial charge in [-0.05, 0) is 42.2 Å². The minimum absolute atomic E-state index is 0.00828. The lowest BCUT2D eigenvalue weighted by Crippen LogP contribution is -2.45. The number of hydrogen-bond acceptors (Lipinski definition) is 4. The van der Waals surface area contributed by atoms with Crippen LogP contribution in [0.5, 0.6) is 0 Å². The second-order valence-electron chi connectivity index (χ2n) is 9.05. The van der Waals surface area contributed by atoms with E-state index in [0.29, 0.717) is 6.54 Å². The molecule has 2 aliphatic heterocycles. The first-order valence-corrected chi connectivity index (χ1v) is 10.4. The van der Waals surface area contributed by atoms with Gasteiger partial charge in [0.1, 0.15) is 11.4 Å². The van der Waals surface area contributed by atoms with Crippen molar-refractivity contribution >= 4 is 21.8 Å². The fourth-order valence-corrected chi connectivity index (χ4v) is 6.87. The van der Waals surface area contributed by atoms with Gasteiger partial charge in [0.2, 0.25) is 5.91 Å². The average molecular weight is 376 g/mol. The average Bonchev–Trinajstić information content (AvgIpc) is 2.89. The Morgan fingerprint density at radius 2 is 1.88 bits per heavy atom. The number of rotatable bonds is 2. The van der Waals surface area contributed by atoms with Gasteiger partial charge in [0, 0.05) is 12.6 Å². The molecule has 2 heterocycles. The Balaban J connectivity index is 1.58. The molecular weight excluding hydrogens is 352 g/mol. The van der Waals surface area contributed by atoms with Crippen molar-refractivity contribution in [3.05, 3.63) is 29.8 Å². The van der Waals surface area contributed by atoms with E-state index in [1.807, 2.05) is 0 Å². The molecule has 26 heavy (non-hydrogen) atoms. The van der Waals surface area contributed by atoms with Crippen LogP contribution in [0.1, 0.15) is 50.4 Å². The van der Waals surface area contributed by atoms with Crippen LogP contribution in [0.2, 0.25) is 0 Å². The minimum Gasteiger partial charge on any atom is -0.338 e. The van der Waals surface area contributed by atoms with Crippen molar-refractivity contribution < 1.29 is 18.0 Å². The molecule has 1 aromatic rings. The molecule has 3 aliphatic rings. The maximum atomic E-state index is 12.9. The molecule has 4 rings (SSSR count). The maximum absolute atomic E-state index is 12.9. The molecule has 0 spiro atoms. The number of carbonyl (C=O) groups is 2. The molecule has 2 bridgehead atoms. The second-order valence-corrected chi connectivity index (χ2v) is 10.9. The highest BCUT2D eigenvalue weighted by molar-refractivity contribution is 7.90. The van der Waals surface area contributed by atoms with Crippen LogP contribution < -0.4 is 0 Å². The van der Waals surface area contributed by atoms with Gasteiger partial charge in [0.15, 0.2) is 0 Å². The van der Waals surface area contributed by atoms with Crippen LogP contribution in [-0.2, 0) is 14.8 Å². The zero-order valence-corrected chi connectivity index (χ0v) is 16.2. The summed E-state index contributed by atoms with van der Waals surface area (Å²) in [5.74, 6) is -0.885. The van der Waals surface area contributed by atoms with E-state index in [1.54, 1.807) is 17.0 Å². The van der Waals surface area contributed by atoms with Crippen LogP contribution in [0.3, 0.4) is 0 Å². The van der Waals surface area contributed by atoms with Gasteiger partial charge in [-0.25, -0.2) is 12.7 Å². The molecule has 2 amide bonds. The predicted molar refractivity (Wildman–Crippen MR) is 95.9 cm³/mol. The molecule has 0 aromatic heterocycles. The van der Waals surface area contributed by atoms with E-state index < -0.39 is 22.5 Å². The highest BCUT2D eigenvalue weighted by Gasteiger charge is 2.52. The summed E-state index contributed by atoms with van der Waals surface area (Å²) in [6.45, 7) is 6.85. The molecule has 1 aliphatic carbocycles. The predicted octanol–water partition coefficient (Wildman–Crippen LogP) is 2.26. The van der Waals surface area contributed by atoms with Crippen molar-refractivity contribution in [3.8, 4) is 0 Å². The quantitative estimate of drug-likeness (QED) is 0.793. The Morgan fingerprint density at radius 1 is 1.19 bits per heavy atom. The topological polar surface area (TPSA) is 74.8 Å². The van der Waals surface area contributed by atoms with Gasteiger partial charge in [0.25, 0.3) is 15.9 Å². The Morgan fingerprint density at radius 3 is 2.58 bits per heavy atom. The van der Waals surface area contributed by atoms with Gasteiger partial charge in [-0.3, -0.25) is 9.59 Å². The molecule has 2 fully saturated rings. The summed E-state index contributed by atoms with van der Waals surface area (Å²) in [6.07, 6.45) is 2.91. The van der Waals surface area contributed by atoms with Gasteiger partial charge in [0.05, 0.1) is 5.56 Å². The van der Waals surface area contributed by atoms with Crippen molar-refractivity contribution in [3.63, 3.8) is 0 Å². The second kappa shape index (κ2) is 5.31. The number of sulfonamides is 1. The van der Waals surface area contributed by atoms with E-state index in [4.69, 9.17) is 0 Å². The molecule has 2 atom stereocenters. The number of hydrogen-bond donors (Lipinski definition) is 0. The van der Waals surface area contributed by atoms with Crippen LogP contribution in [-0.4, -0.2) is 48.6 Å². The number of fused-ring (bicyclic) bond motifs is 3. The Labute approximate surface area is 154 Å². The number of likely N-dealkylation sites (tertiary alicyclic amines) is 1. The van der Waals surface area contributed by atoms with Crippen LogP contribution >= 0.6 is 0 Å². The van der Waals surface area contributed by atoms with E-state index in [2.05, 4.69) is 20.8 Å².